The second kappa shape index (κ2) is 11.2. The summed E-state index contributed by atoms with van der Waals surface area (Å²) in [6.45, 7) is 6.91. The Morgan fingerprint density at radius 2 is 1.78 bits per heavy atom. The minimum absolute atomic E-state index is 0.157. The number of hydrogen-bond donors (Lipinski definition) is 2. The van der Waals surface area contributed by atoms with Crippen molar-refractivity contribution in [1.29, 1.82) is 0 Å². The Bertz CT molecular complexity index is 914. The Labute approximate surface area is 205 Å². The van der Waals surface area contributed by atoms with E-state index in [4.69, 9.17) is 34.8 Å². The van der Waals surface area contributed by atoms with Gasteiger partial charge in [0.1, 0.15) is 0 Å². The first kappa shape index (κ1) is 25.3. The topological polar surface area (TPSA) is 52.6 Å². The number of carbonyl (C=O) groups excluding carboxylic acids is 1. The maximum Gasteiger partial charge on any atom is 0.230 e. The van der Waals surface area contributed by atoms with Gasteiger partial charge in [0.15, 0.2) is 0 Å². The molecule has 1 heterocycles. The summed E-state index contributed by atoms with van der Waals surface area (Å²) in [7, 11) is 0. The van der Waals surface area contributed by atoms with Crippen LogP contribution in [0.1, 0.15) is 50.3 Å². The quantitative estimate of drug-likeness (QED) is 0.479. The van der Waals surface area contributed by atoms with Gasteiger partial charge in [0.25, 0.3) is 0 Å². The summed E-state index contributed by atoms with van der Waals surface area (Å²) in [5, 5.41) is 14.5. The molecule has 0 spiro atoms. The lowest BCUT2D eigenvalue weighted by molar-refractivity contribution is -0.127. The van der Waals surface area contributed by atoms with E-state index in [9.17, 15) is 9.90 Å². The molecule has 7 heteroatoms. The van der Waals surface area contributed by atoms with Crippen molar-refractivity contribution >= 4 is 40.7 Å². The van der Waals surface area contributed by atoms with Crippen LogP contribution in [0, 0.1) is 5.92 Å². The van der Waals surface area contributed by atoms with Gasteiger partial charge in [-0.3, -0.25) is 4.79 Å². The molecule has 1 amide bonds. The Morgan fingerprint density at radius 3 is 2.38 bits per heavy atom. The number of amides is 1. The number of likely N-dealkylation sites (tertiary alicyclic amines) is 1. The fraction of sp³-hybridized carbons (Fsp3) is 0.480. The van der Waals surface area contributed by atoms with E-state index in [1.165, 1.54) is 12.8 Å². The van der Waals surface area contributed by atoms with Crippen LogP contribution >= 0.6 is 34.8 Å². The highest BCUT2D eigenvalue weighted by Crippen LogP contribution is 2.34. The molecule has 0 bridgehead atoms. The molecule has 0 aliphatic carbocycles. The zero-order valence-electron chi connectivity index (χ0n) is 18.6. The van der Waals surface area contributed by atoms with Gasteiger partial charge >= 0.3 is 0 Å². The first-order valence-electron chi connectivity index (χ1n) is 11.1. The van der Waals surface area contributed by atoms with Crippen molar-refractivity contribution in [3.05, 3.63) is 68.7 Å². The molecule has 1 unspecified atom stereocenters. The molecule has 0 aromatic heterocycles. The predicted octanol–water partition coefficient (Wildman–Crippen LogP) is 5.88. The summed E-state index contributed by atoms with van der Waals surface area (Å²) >= 11 is 18.4. The van der Waals surface area contributed by atoms with Crippen LogP contribution in [0.15, 0.2) is 42.5 Å². The summed E-state index contributed by atoms with van der Waals surface area (Å²) in [6.07, 6.45) is 2.99. The van der Waals surface area contributed by atoms with Gasteiger partial charge in [0.2, 0.25) is 5.91 Å². The highest BCUT2D eigenvalue weighted by Gasteiger charge is 2.37. The fourth-order valence-corrected chi connectivity index (χ4v) is 4.57. The number of piperidine rings is 1. The summed E-state index contributed by atoms with van der Waals surface area (Å²) in [5.74, 6) is 0.593. The second-order valence-corrected chi connectivity index (χ2v) is 10.2. The van der Waals surface area contributed by atoms with Crippen molar-refractivity contribution < 1.29 is 9.90 Å². The van der Waals surface area contributed by atoms with Gasteiger partial charge in [-0.1, -0.05) is 59.9 Å². The Balaban J connectivity index is 1.83. The van der Waals surface area contributed by atoms with Gasteiger partial charge in [-0.2, -0.15) is 0 Å². The summed E-state index contributed by atoms with van der Waals surface area (Å²) in [6, 6.07) is 12.0. The maximum atomic E-state index is 13.7. The molecule has 2 N–H and O–H groups in total. The smallest absolute Gasteiger partial charge is 0.230 e. The molecule has 4 nitrogen and oxygen atoms in total. The first-order valence-corrected chi connectivity index (χ1v) is 12.2. The number of rotatable bonds is 8. The van der Waals surface area contributed by atoms with Gasteiger partial charge in [-0.05, 0) is 87.1 Å². The molecule has 0 radical (unpaired) electrons. The highest BCUT2D eigenvalue weighted by molar-refractivity contribution is 6.42. The van der Waals surface area contributed by atoms with Crippen molar-refractivity contribution in [1.82, 2.24) is 10.2 Å². The Hall–Kier alpha value is -1.30. The number of halogens is 3. The van der Waals surface area contributed by atoms with Crippen LogP contribution < -0.4 is 5.32 Å². The third-order valence-corrected chi connectivity index (χ3v) is 7.61. The van der Waals surface area contributed by atoms with Crippen molar-refractivity contribution in [2.75, 3.05) is 26.2 Å². The number of aliphatic hydroxyl groups excluding tert-OH is 1. The number of nitrogens with one attached hydrogen (secondary N) is 1. The average molecular weight is 498 g/mol. The van der Waals surface area contributed by atoms with E-state index in [0.29, 0.717) is 21.5 Å². The molecule has 32 heavy (non-hydrogen) atoms. The third-order valence-electron chi connectivity index (χ3n) is 6.62. The van der Waals surface area contributed by atoms with Gasteiger partial charge < -0.3 is 15.3 Å². The van der Waals surface area contributed by atoms with Crippen LogP contribution in [0.2, 0.25) is 15.1 Å². The molecular formula is C25H31Cl3N2O2. The molecule has 2 aromatic rings. The van der Waals surface area contributed by atoms with Crippen molar-refractivity contribution in [2.24, 2.45) is 5.92 Å². The van der Waals surface area contributed by atoms with Crippen LogP contribution in [-0.4, -0.2) is 42.2 Å². The molecule has 1 saturated heterocycles. The highest BCUT2D eigenvalue weighted by atomic mass is 35.5. The van der Waals surface area contributed by atoms with Crippen LogP contribution in [-0.2, 0) is 10.2 Å². The number of aliphatic hydroxyl groups is 1. The van der Waals surface area contributed by atoms with E-state index in [-0.39, 0.29) is 12.5 Å². The molecule has 0 saturated carbocycles. The van der Waals surface area contributed by atoms with Gasteiger partial charge in [-0.25, -0.2) is 0 Å². The Morgan fingerprint density at radius 1 is 1.12 bits per heavy atom. The van der Waals surface area contributed by atoms with Crippen molar-refractivity contribution in [3.63, 3.8) is 0 Å². The fourth-order valence-electron chi connectivity index (χ4n) is 4.14. The van der Waals surface area contributed by atoms with Crippen molar-refractivity contribution in [2.45, 2.75) is 44.6 Å². The summed E-state index contributed by atoms with van der Waals surface area (Å²) in [4.78, 5) is 16.1. The standard InChI is InChI=1S/C25H31Cl3N2O2/c1-17-9-12-30(13-10-17)14-11-25(2,19-5-8-21(27)22(28)15-19)24(32)29-23(16-31)18-3-6-20(26)7-4-18/h3-8,15,17,23,31H,9-14,16H2,1-2H3,(H,29,32)/t23-,25?/m0/s1. The van der Waals surface area contributed by atoms with Crippen LogP contribution in [0.5, 0.6) is 0 Å². The van der Waals surface area contributed by atoms with Gasteiger partial charge in [0.05, 0.1) is 28.1 Å². The number of carbonyl (C=O) groups is 1. The van der Waals surface area contributed by atoms with E-state index in [0.717, 1.165) is 36.7 Å². The number of hydrogen-bond acceptors (Lipinski definition) is 3. The van der Waals surface area contributed by atoms with Crippen LogP contribution in [0.4, 0.5) is 0 Å². The predicted molar refractivity (Wildman–Crippen MR) is 133 cm³/mol. The van der Waals surface area contributed by atoms with E-state index in [1.54, 1.807) is 24.3 Å². The SMILES string of the molecule is CC1CCN(CCC(C)(C(=O)N[C@@H](CO)c2ccc(Cl)cc2)c2ccc(Cl)c(Cl)c2)CC1. The summed E-state index contributed by atoms with van der Waals surface area (Å²) in [5.41, 5.74) is 0.770. The first-order chi connectivity index (χ1) is 15.2. The van der Waals surface area contributed by atoms with E-state index in [1.807, 2.05) is 25.1 Å². The van der Waals surface area contributed by atoms with Crippen LogP contribution in [0.25, 0.3) is 0 Å². The molecule has 1 fully saturated rings. The third kappa shape index (κ3) is 6.18. The normalized spacial score (nSPS) is 18.2. The summed E-state index contributed by atoms with van der Waals surface area (Å²) < 4.78 is 0. The second-order valence-electron chi connectivity index (χ2n) is 9.00. The molecule has 2 atom stereocenters. The zero-order valence-corrected chi connectivity index (χ0v) is 20.9. The monoisotopic (exact) mass is 496 g/mol. The van der Waals surface area contributed by atoms with Gasteiger partial charge in [0, 0.05) is 5.02 Å². The van der Waals surface area contributed by atoms with E-state index in [2.05, 4.69) is 17.1 Å². The largest absolute Gasteiger partial charge is 0.394 e. The lowest BCUT2D eigenvalue weighted by Gasteiger charge is -2.35. The lowest BCUT2D eigenvalue weighted by atomic mass is 9.78. The average Bonchev–Trinajstić information content (AvgIpc) is 2.79. The molecule has 1 aliphatic heterocycles. The number of benzene rings is 2. The number of nitrogens with zero attached hydrogens (tertiary/aromatic N) is 1. The maximum absolute atomic E-state index is 13.7. The lowest BCUT2D eigenvalue weighted by Crippen LogP contribution is -2.47. The molecule has 2 aromatic carbocycles. The van der Waals surface area contributed by atoms with E-state index >= 15 is 0 Å². The van der Waals surface area contributed by atoms with Crippen LogP contribution in [0.3, 0.4) is 0 Å². The molecule has 174 valence electrons. The molecular weight excluding hydrogens is 467 g/mol. The van der Waals surface area contributed by atoms with Crippen molar-refractivity contribution in [3.8, 4) is 0 Å². The minimum Gasteiger partial charge on any atom is -0.394 e. The zero-order chi connectivity index (χ0) is 23.3. The molecule has 3 rings (SSSR count). The van der Waals surface area contributed by atoms with Gasteiger partial charge in [-0.15, -0.1) is 0 Å². The molecule has 1 aliphatic rings. The van der Waals surface area contributed by atoms with E-state index < -0.39 is 11.5 Å². The Kier molecular flexibility index (Phi) is 8.88. The minimum atomic E-state index is -0.836.